The van der Waals surface area contributed by atoms with Crippen molar-refractivity contribution in [2.24, 2.45) is 0 Å². The fourth-order valence-corrected chi connectivity index (χ4v) is 7.08. The maximum absolute atomic E-state index is 14.4. The number of hydroxylamine groups is 2. The molecule has 14 nitrogen and oxygen atoms in total. The van der Waals surface area contributed by atoms with Gasteiger partial charge in [-0.25, -0.2) is 11.0 Å². The number of rotatable bonds is 14. The van der Waals surface area contributed by atoms with Gasteiger partial charge in [-0.05, 0) is 48.5 Å². The summed E-state index contributed by atoms with van der Waals surface area (Å²) in [6.45, 7) is 0. The highest BCUT2D eigenvalue weighted by atomic mass is 16.5. The molecule has 0 bridgehead atoms. The van der Waals surface area contributed by atoms with E-state index in [2.05, 4.69) is 10.6 Å². The molecule has 0 aliphatic heterocycles. The van der Waals surface area contributed by atoms with E-state index in [4.69, 9.17) is 10.4 Å². The molecule has 14 heteroatoms. The van der Waals surface area contributed by atoms with Gasteiger partial charge in [-0.1, -0.05) is 72.8 Å². The van der Waals surface area contributed by atoms with E-state index in [1.54, 1.807) is 36.4 Å². The molecule has 310 valence electrons. The lowest BCUT2D eigenvalue weighted by molar-refractivity contribution is -0.131. The second kappa shape index (κ2) is 19.2. The SMILES string of the molecule is O=C(CCC(=O)NC1=CC(=[N+](c2ccccc2)c2ccccc2)C=C/C1=C1\C(=O)C(c2ccc(N(c3ccccc3)c3ccccc3)cc2NC(=O)CCC(=O)NO)=C1O)NO. The minimum atomic E-state index is -0.761. The molecule has 0 radical (unpaired) electrons. The number of aliphatic hydroxyl groups is 1. The van der Waals surface area contributed by atoms with Gasteiger partial charge in [0.25, 0.3) is 0 Å². The summed E-state index contributed by atoms with van der Waals surface area (Å²) < 4.78 is 1.95. The van der Waals surface area contributed by atoms with Gasteiger partial charge in [-0.15, -0.1) is 0 Å². The van der Waals surface area contributed by atoms with Crippen LogP contribution in [0.25, 0.3) is 5.57 Å². The Labute approximate surface area is 356 Å². The van der Waals surface area contributed by atoms with E-state index in [0.29, 0.717) is 11.4 Å². The Morgan fingerprint density at radius 3 is 1.53 bits per heavy atom. The smallest absolute Gasteiger partial charge is 0.243 e. The third kappa shape index (κ3) is 9.31. The molecule has 4 amide bonds. The lowest BCUT2D eigenvalue weighted by Gasteiger charge is -2.29. The maximum Gasteiger partial charge on any atom is 0.243 e. The number of anilines is 4. The second-order valence-electron chi connectivity index (χ2n) is 14.1. The Balaban J connectivity index is 1.35. The normalized spacial score (nSPS) is 14.3. The van der Waals surface area contributed by atoms with Crippen LogP contribution < -0.4 is 31.1 Å². The van der Waals surface area contributed by atoms with E-state index in [1.807, 2.05) is 131 Å². The van der Waals surface area contributed by atoms with Crippen LogP contribution in [0.1, 0.15) is 31.2 Å². The van der Waals surface area contributed by atoms with Gasteiger partial charge in [0.2, 0.25) is 46.5 Å². The summed E-state index contributed by atoms with van der Waals surface area (Å²) >= 11 is 0. The summed E-state index contributed by atoms with van der Waals surface area (Å²) in [7, 11) is 0. The number of hydrogen-bond acceptors (Lipinski definition) is 9. The van der Waals surface area contributed by atoms with Crippen LogP contribution in [-0.2, 0) is 24.0 Å². The molecule has 0 heterocycles. The monoisotopic (exact) mass is 829 g/mol. The minimum Gasteiger partial charge on any atom is -0.506 e. The van der Waals surface area contributed by atoms with E-state index >= 15 is 0 Å². The van der Waals surface area contributed by atoms with Crippen LogP contribution in [-0.4, -0.2) is 50.6 Å². The zero-order chi connectivity index (χ0) is 43.6. The number of nitrogens with zero attached hydrogens (tertiary/aromatic N) is 2. The lowest BCUT2D eigenvalue weighted by atomic mass is 9.78. The molecule has 5 aromatic rings. The molecule has 5 aromatic carbocycles. The first kappa shape index (κ1) is 41.9. The van der Waals surface area contributed by atoms with E-state index in [9.17, 15) is 29.1 Å². The standard InChI is InChI=1S/C48H40N6O8/c55-41(25-27-43(57)51-61)49-39-29-35(53(31-13-5-1-6-14-31)32-15-7-2-8-16-32)21-23-37(39)45-47(59)46(48(45)60)38-24-22-36(30-40(38)50-42(56)26-28-44(58)52-62)54(33-17-9-3-10-18-33)34-19-11-4-12-20-34/h1-24,29-30H,25-28H2,(H6,49,50,51,52,55,56,57,58,59,60,61,62)/p+1. The number of amides is 4. The molecule has 0 aromatic heterocycles. The number of para-hydroxylation sites is 4. The quantitative estimate of drug-likeness (QED) is 0.0259. The van der Waals surface area contributed by atoms with Gasteiger partial charge in [0.1, 0.15) is 5.76 Å². The van der Waals surface area contributed by atoms with Gasteiger partial charge >= 0.3 is 0 Å². The van der Waals surface area contributed by atoms with Crippen LogP contribution in [0.2, 0.25) is 0 Å². The van der Waals surface area contributed by atoms with Crippen molar-refractivity contribution >= 4 is 74.8 Å². The predicted molar refractivity (Wildman–Crippen MR) is 234 cm³/mol. The molecule has 2 aliphatic rings. The molecule has 0 spiro atoms. The molecular weight excluding hydrogens is 789 g/mol. The molecule has 2 aliphatic carbocycles. The largest absolute Gasteiger partial charge is 0.506 e. The highest BCUT2D eigenvalue weighted by Crippen LogP contribution is 2.45. The molecule has 7 N–H and O–H groups in total. The summed E-state index contributed by atoms with van der Waals surface area (Å²) in [5.74, 6) is -3.69. The first-order valence-electron chi connectivity index (χ1n) is 19.6. The predicted octanol–water partition coefficient (Wildman–Crippen LogP) is 7.36. The third-order valence-electron chi connectivity index (χ3n) is 10.0. The van der Waals surface area contributed by atoms with E-state index in [0.717, 1.165) is 22.7 Å². The molecule has 62 heavy (non-hydrogen) atoms. The zero-order valence-corrected chi connectivity index (χ0v) is 33.1. The second-order valence-corrected chi connectivity index (χ2v) is 14.1. The molecular formula is C48H41N6O8+. The number of carbonyl (C=O) groups excluding carboxylic acids is 5. The Hall–Kier alpha value is -8.20. The maximum atomic E-state index is 14.4. The number of benzene rings is 5. The van der Waals surface area contributed by atoms with Crippen LogP contribution in [0.5, 0.6) is 0 Å². The van der Waals surface area contributed by atoms with Crippen molar-refractivity contribution in [2.45, 2.75) is 25.7 Å². The third-order valence-corrected chi connectivity index (χ3v) is 10.0. The van der Waals surface area contributed by atoms with Gasteiger partial charge in [-0.3, -0.25) is 34.4 Å². The average Bonchev–Trinajstić information content (AvgIpc) is 3.30. The number of ketones is 1. The summed E-state index contributed by atoms with van der Waals surface area (Å²) in [6.07, 6.45) is 3.79. The van der Waals surface area contributed by atoms with E-state index in [-0.39, 0.29) is 59.4 Å². The number of carbonyl (C=O) groups is 5. The molecule has 0 saturated carbocycles. The number of Topliss-reactive ketones (excluding diaryl/α,β-unsaturated/α-hetero) is 1. The van der Waals surface area contributed by atoms with Crippen molar-refractivity contribution < 1.29 is 39.5 Å². The molecule has 0 saturated heterocycles. The van der Waals surface area contributed by atoms with Crippen molar-refractivity contribution in [2.75, 3.05) is 10.2 Å². The van der Waals surface area contributed by atoms with E-state index < -0.39 is 35.2 Å². The Morgan fingerprint density at radius 2 is 1.03 bits per heavy atom. The molecule has 7 rings (SSSR count). The van der Waals surface area contributed by atoms with Crippen LogP contribution in [0, 0.1) is 0 Å². The van der Waals surface area contributed by atoms with E-state index in [1.165, 1.54) is 11.0 Å². The van der Waals surface area contributed by atoms with Crippen LogP contribution in [0.15, 0.2) is 180 Å². The first-order chi connectivity index (χ1) is 30.2. The Kier molecular flexibility index (Phi) is 13.0. The Morgan fingerprint density at radius 1 is 0.548 bits per heavy atom. The summed E-state index contributed by atoms with van der Waals surface area (Å²) in [5, 5.41) is 35.5. The van der Waals surface area contributed by atoms with Gasteiger partial charge in [0, 0.05) is 90.3 Å². The summed E-state index contributed by atoms with van der Waals surface area (Å²) in [5.41, 5.74) is 7.93. The average molecular weight is 830 g/mol. The lowest BCUT2D eigenvalue weighted by Crippen LogP contribution is -2.31. The van der Waals surface area contributed by atoms with Gasteiger partial charge < -0.3 is 20.6 Å². The van der Waals surface area contributed by atoms with Crippen molar-refractivity contribution in [3.8, 4) is 0 Å². The number of aliphatic hydroxyl groups excluding tert-OH is 1. The molecule has 0 unspecified atom stereocenters. The van der Waals surface area contributed by atoms with Gasteiger partial charge in [-0.2, -0.15) is 4.58 Å². The fraction of sp³-hybridized carbons (Fsp3) is 0.0833. The Bertz CT molecular complexity index is 2610. The van der Waals surface area contributed by atoms with Crippen LogP contribution >= 0.6 is 0 Å². The zero-order valence-electron chi connectivity index (χ0n) is 33.1. The van der Waals surface area contributed by atoms with Crippen molar-refractivity contribution in [1.29, 1.82) is 0 Å². The van der Waals surface area contributed by atoms with Gasteiger partial charge in [0.05, 0.1) is 22.5 Å². The van der Waals surface area contributed by atoms with Crippen molar-refractivity contribution in [3.63, 3.8) is 0 Å². The summed E-state index contributed by atoms with van der Waals surface area (Å²) in [6, 6.07) is 43.0. The van der Waals surface area contributed by atoms with Gasteiger partial charge in [0.15, 0.2) is 0 Å². The summed E-state index contributed by atoms with van der Waals surface area (Å²) in [4.78, 5) is 66.6. The highest BCUT2D eigenvalue weighted by molar-refractivity contribution is 6.40. The van der Waals surface area contributed by atoms with Crippen LogP contribution in [0.3, 0.4) is 0 Å². The minimum absolute atomic E-state index is 0.0999. The van der Waals surface area contributed by atoms with Crippen molar-refractivity contribution in [1.82, 2.24) is 20.9 Å². The number of hydrogen-bond donors (Lipinski definition) is 7. The number of nitrogens with one attached hydrogen (secondary N) is 4. The molecule has 0 atom stereocenters. The first-order valence-corrected chi connectivity index (χ1v) is 19.6. The highest BCUT2D eigenvalue weighted by Gasteiger charge is 2.40. The number of allylic oxidation sites excluding steroid dienone is 5. The fourth-order valence-electron chi connectivity index (χ4n) is 7.08. The van der Waals surface area contributed by atoms with Crippen molar-refractivity contribution in [3.05, 3.63) is 186 Å². The molecule has 0 fully saturated rings. The topological polar surface area (TPSA) is 200 Å². The van der Waals surface area contributed by atoms with Crippen LogP contribution in [0.4, 0.5) is 34.1 Å².